The number of aliphatic imine (C=N–C) groups is 1. The molecule has 1 N–H and O–H groups in total. The molecule has 8 heteroatoms. The van der Waals surface area contributed by atoms with Crippen molar-refractivity contribution in [3.8, 4) is 0 Å². The fourth-order valence-electron chi connectivity index (χ4n) is 4.44. The highest BCUT2D eigenvalue weighted by atomic mass is 35.5. The number of fused-ring (bicyclic) bond motifs is 2. The first-order valence-corrected chi connectivity index (χ1v) is 11.1. The molecule has 0 spiro atoms. The molecule has 0 fully saturated rings. The van der Waals surface area contributed by atoms with E-state index in [9.17, 15) is 18.4 Å². The van der Waals surface area contributed by atoms with Crippen molar-refractivity contribution in [2.24, 2.45) is 4.99 Å². The smallest absolute Gasteiger partial charge is 0.251 e. The lowest BCUT2D eigenvalue weighted by Crippen LogP contribution is -2.36. The summed E-state index contributed by atoms with van der Waals surface area (Å²) in [5.74, 6) is -2.09. The Balaban J connectivity index is 1.66. The largest absolute Gasteiger partial charge is 0.325 e. The standard InChI is InChI=1S/C26H20ClF2N3O2/c1-13-18-7-4-15(10-21(18)31-25(13)33)24-19-11-16(27)5-8-23(19)32(2)26(34)22(30-24)9-14-3-6-17(28)12-20(14)29/h3-8,10-13,22H,9H2,1-2H3,(H,31,33). The van der Waals surface area contributed by atoms with Crippen LogP contribution in [0.4, 0.5) is 20.2 Å². The Morgan fingerprint density at radius 3 is 2.62 bits per heavy atom. The first-order chi connectivity index (χ1) is 16.2. The minimum Gasteiger partial charge on any atom is -0.325 e. The zero-order valence-corrected chi connectivity index (χ0v) is 19.2. The van der Waals surface area contributed by atoms with Gasteiger partial charge in [-0.2, -0.15) is 0 Å². The molecule has 172 valence electrons. The van der Waals surface area contributed by atoms with Gasteiger partial charge in [-0.25, -0.2) is 8.78 Å². The number of likely N-dealkylation sites (N-methyl/N-ethyl adjacent to an activating group) is 1. The summed E-state index contributed by atoms with van der Waals surface area (Å²) in [6.45, 7) is 1.83. The van der Waals surface area contributed by atoms with Crippen LogP contribution in [0.2, 0.25) is 5.02 Å². The molecule has 0 saturated carbocycles. The normalized spacial score (nSPS) is 19.3. The molecule has 3 aromatic carbocycles. The van der Waals surface area contributed by atoms with Gasteiger partial charge in [0.15, 0.2) is 0 Å². The number of hydrogen-bond donors (Lipinski definition) is 1. The molecule has 2 atom stereocenters. The zero-order valence-electron chi connectivity index (χ0n) is 18.4. The quantitative estimate of drug-likeness (QED) is 0.568. The van der Waals surface area contributed by atoms with E-state index in [0.717, 1.165) is 17.7 Å². The van der Waals surface area contributed by atoms with Gasteiger partial charge in [0.2, 0.25) is 5.91 Å². The Kier molecular flexibility index (Phi) is 5.44. The maximum atomic E-state index is 14.4. The van der Waals surface area contributed by atoms with Gasteiger partial charge in [-0.3, -0.25) is 14.6 Å². The predicted octanol–water partition coefficient (Wildman–Crippen LogP) is 5.10. The van der Waals surface area contributed by atoms with Crippen molar-refractivity contribution < 1.29 is 18.4 Å². The van der Waals surface area contributed by atoms with Gasteiger partial charge in [-0.05, 0) is 48.4 Å². The Morgan fingerprint density at radius 1 is 1.06 bits per heavy atom. The lowest BCUT2D eigenvalue weighted by molar-refractivity contribution is -0.119. The Bertz CT molecular complexity index is 1390. The number of halogens is 3. The average molecular weight is 480 g/mol. The van der Waals surface area contributed by atoms with E-state index < -0.39 is 17.7 Å². The molecule has 5 nitrogen and oxygen atoms in total. The summed E-state index contributed by atoms with van der Waals surface area (Å²) in [6, 6.07) is 13.0. The van der Waals surface area contributed by atoms with Crippen LogP contribution >= 0.6 is 11.6 Å². The fourth-order valence-corrected chi connectivity index (χ4v) is 4.62. The van der Waals surface area contributed by atoms with Crippen LogP contribution in [0.15, 0.2) is 59.6 Å². The highest BCUT2D eigenvalue weighted by molar-refractivity contribution is 6.32. The van der Waals surface area contributed by atoms with Gasteiger partial charge in [-0.1, -0.05) is 29.8 Å². The van der Waals surface area contributed by atoms with E-state index in [2.05, 4.69) is 5.32 Å². The second-order valence-electron chi connectivity index (χ2n) is 8.51. The second kappa shape index (κ2) is 8.33. The van der Waals surface area contributed by atoms with Crippen LogP contribution in [-0.2, 0) is 16.0 Å². The van der Waals surface area contributed by atoms with Crippen molar-refractivity contribution in [2.45, 2.75) is 25.3 Å². The summed E-state index contributed by atoms with van der Waals surface area (Å²) in [7, 11) is 1.63. The summed E-state index contributed by atoms with van der Waals surface area (Å²) in [6.07, 6.45) is -0.0424. The van der Waals surface area contributed by atoms with Gasteiger partial charge in [0.1, 0.15) is 17.7 Å². The summed E-state index contributed by atoms with van der Waals surface area (Å²) >= 11 is 6.30. The van der Waals surface area contributed by atoms with Crippen LogP contribution in [0.3, 0.4) is 0 Å². The maximum Gasteiger partial charge on any atom is 0.251 e. The summed E-state index contributed by atoms with van der Waals surface area (Å²) in [4.78, 5) is 31.8. The van der Waals surface area contributed by atoms with Crippen molar-refractivity contribution in [1.82, 2.24) is 0 Å². The highest BCUT2D eigenvalue weighted by Gasteiger charge is 2.32. The van der Waals surface area contributed by atoms with E-state index in [4.69, 9.17) is 16.6 Å². The minimum atomic E-state index is -0.951. The third kappa shape index (κ3) is 3.76. The van der Waals surface area contributed by atoms with Crippen molar-refractivity contribution >= 4 is 40.5 Å². The summed E-state index contributed by atoms with van der Waals surface area (Å²) in [5, 5.41) is 3.35. The summed E-state index contributed by atoms with van der Waals surface area (Å²) < 4.78 is 27.8. The van der Waals surface area contributed by atoms with E-state index in [1.807, 2.05) is 25.1 Å². The molecule has 3 aromatic rings. The van der Waals surface area contributed by atoms with Gasteiger partial charge >= 0.3 is 0 Å². The van der Waals surface area contributed by atoms with Crippen LogP contribution in [0, 0.1) is 11.6 Å². The number of rotatable bonds is 3. The molecule has 0 bridgehead atoms. The van der Waals surface area contributed by atoms with E-state index in [1.54, 1.807) is 25.2 Å². The molecule has 34 heavy (non-hydrogen) atoms. The molecule has 2 heterocycles. The number of nitrogens with one attached hydrogen (secondary N) is 1. The number of amides is 2. The molecule has 2 unspecified atom stereocenters. The monoisotopic (exact) mass is 479 g/mol. The number of benzene rings is 3. The number of nitrogens with zero attached hydrogens (tertiary/aromatic N) is 2. The topological polar surface area (TPSA) is 61.8 Å². The first kappa shape index (κ1) is 22.2. The average Bonchev–Trinajstić information content (AvgIpc) is 3.04. The molecular weight excluding hydrogens is 460 g/mol. The molecular formula is C26H20ClF2N3O2. The van der Waals surface area contributed by atoms with E-state index >= 15 is 0 Å². The van der Waals surface area contributed by atoms with Crippen molar-refractivity contribution in [2.75, 3.05) is 17.3 Å². The SMILES string of the molecule is CC1C(=O)Nc2cc(C3=NC(Cc4ccc(F)cc4F)C(=O)N(C)c4ccc(Cl)cc43)ccc21. The van der Waals surface area contributed by atoms with Crippen LogP contribution in [0.25, 0.3) is 0 Å². The second-order valence-corrected chi connectivity index (χ2v) is 8.94. The summed E-state index contributed by atoms with van der Waals surface area (Å²) in [5.41, 5.74) is 4.19. The van der Waals surface area contributed by atoms with E-state index in [0.29, 0.717) is 33.2 Å². The van der Waals surface area contributed by atoms with Crippen LogP contribution in [-0.4, -0.2) is 30.6 Å². The van der Waals surface area contributed by atoms with Crippen molar-refractivity contribution in [1.29, 1.82) is 0 Å². The third-order valence-corrected chi connectivity index (χ3v) is 6.58. The lowest BCUT2D eigenvalue weighted by atomic mass is 9.96. The molecule has 2 amide bonds. The first-order valence-electron chi connectivity index (χ1n) is 10.8. The maximum absolute atomic E-state index is 14.4. The van der Waals surface area contributed by atoms with Gasteiger partial charge in [0.05, 0.1) is 17.3 Å². The van der Waals surface area contributed by atoms with E-state index in [-0.39, 0.29) is 29.7 Å². The van der Waals surface area contributed by atoms with Gasteiger partial charge in [0, 0.05) is 41.4 Å². The Morgan fingerprint density at radius 2 is 1.85 bits per heavy atom. The molecule has 0 aromatic heterocycles. The Hall–Kier alpha value is -3.58. The van der Waals surface area contributed by atoms with E-state index in [1.165, 1.54) is 11.0 Å². The number of hydrogen-bond acceptors (Lipinski definition) is 3. The molecule has 5 rings (SSSR count). The van der Waals surface area contributed by atoms with Gasteiger partial charge in [0.25, 0.3) is 5.91 Å². The van der Waals surface area contributed by atoms with Gasteiger partial charge in [-0.15, -0.1) is 0 Å². The van der Waals surface area contributed by atoms with Gasteiger partial charge < -0.3 is 10.2 Å². The third-order valence-electron chi connectivity index (χ3n) is 6.35. The predicted molar refractivity (Wildman–Crippen MR) is 128 cm³/mol. The molecule has 0 radical (unpaired) electrons. The number of anilines is 2. The number of carbonyl (C=O) groups excluding carboxylic acids is 2. The van der Waals surface area contributed by atoms with Crippen molar-refractivity contribution in [3.05, 3.63) is 93.5 Å². The Labute approximate surface area is 200 Å². The lowest BCUT2D eigenvalue weighted by Gasteiger charge is -2.20. The molecule has 0 aliphatic carbocycles. The van der Waals surface area contributed by atoms with Crippen LogP contribution < -0.4 is 10.2 Å². The molecule has 2 aliphatic heterocycles. The zero-order chi connectivity index (χ0) is 24.1. The molecule has 2 aliphatic rings. The molecule has 0 saturated heterocycles. The number of carbonyl (C=O) groups is 2. The highest BCUT2D eigenvalue weighted by Crippen LogP contribution is 2.36. The fraction of sp³-hybridized carbons (Fsp3) is 0.192. The van der Waals surface area contributed by atoms with Crippen molar-refractivity contribution in [3.63, 3.8) is 0 Å². The minimum absolute atomic E-state index is 0.0424. The number of benzodiazepines with no additional fused rings is 1. The van der Waals surface area contributed by atoms with Crippen LogP contribution in [0.1, 0.15) is 35.1 Å². The van der Waals surface area contributed by atoms with Crippen LogP contribution in [0.5, 0.6) is 0 Å².